The van der Waals surface area contributed by atoms with Crippen molar-refractivity contribution in [1.82, 2.24) is 20.5 Å². The highest BCUT2D eigenvalue weighted by molar-refractivity contribution is 5.97. The van der Waals surface area contributed by atoms with Crippen molar-refractivity contribution in [2.45, 2.75) is 51.4 Å². The first-order chi connectivity index (χ1) is 24.2. The van der Waals surface area contributed by atoms with Crippen LogP contribution in [0.2, 0.25) is 0 Å². The van der Waals surface area contributed by atoms with E-state index in [-0.39, 0.29) is 29.6 Å². The summed E-state index contributed by atoms with van der Waals surface area (Å²) in [7, 11) is 0. The molecule has 0 aliphatic heterocycles. The molecule has 0 spiro atoms. The highest BCUT2D eigenvalue weighted by atomic mass is 19.1. The van der Waals surface area contributed by atoms with Gasteiger partial charge in [0.25, 0.3) is 5.91 Å². The summed E-state index contributed by atoms with van der Waals surface area (Å²) in [6, 6.07) is 32.8. The number of carbonyl (C=O) groups is 2. The van der Waals surface area contributed by atoms with Crippen molar-refractivity contribution in [3.63, 3.8) is 0 Å². The Kier molecular flexibility index (Phi) is 12.6. The summed E-state index contributed by atoms with van der Waals surface area (Å²) < 4.78 is 13.4. The molecule has 5 rings (SSSR count). The van der Waals surface area contributed by atoms with Crippen LogP contribution in [0.5, 0.6) is 0 Å². The van der Waals surface area contributed by atoms with Gasteiger partial charge >= 0.3 is 0 Å². The molecule has 2 atom stereocenters. The number of benzene rings is 4. The molecule has 0 radical (unpaired) electrons. The fraction of sp³-hybridized carbons (Fsp3) is 0.250. The molecule has 0 aliphatic carbocycles. The van der Waals surface area contributed by atoms with Gasteiger partial charge in [0.1, 0.15) is 11.9 Å². The number of amides is 2. The van der Waals surface area contributed by atoms with Gasteiger partial charge in [-0.25, -0.2) is 4.39 Å². The fourth-order valence-electron chi connectivity index (χ4n) is 5.93. The van der Waals surface area contributed by atoms with Crippen LogP contribution in [-0.2, 0) is 24.3 Å². The SMILES string of the molecule is C[C@@H](NC(=O)[C@H](CCCN=C(N)N)NC(=O)c1ccc(CN(CCc2ccc(F)cc2)Cc2ccccn2)cc1)c1cccc2ccccc12. The van der Waals surface area contributed by atoms with E-state index in [1.165, 1.54) is 12.1 Å². The number of nitrogens with zero attached hydrogens (tertiary/aromatic N) is 3. The van der Waals surface area contributed by atoms with Crippen molar-refractivity contribution in [3.05, 3.63) is 149 Å². The Labute approximate surface area is 292 Å². The maximum absolute atomic E-state index is 13.6. The first-order valence-electron chi connectivity index (χ1n) is 16.8. The molecule has 0 saturated carbocycles. The predicted octanol–water partition coefficient (Wildman–Crippen LogP) is 5.65. The summed E-state index contributed by atoms with van der Waals surface area (Å²) in [6.45, 7) is 4.27. The third-order valence-corrected chi connectivity index (χ3v) is 8.58. The van der Waals surface area contributed by atoms with Gasteiger partial charge in [0.15, 0.2) is 5.96 Å². The largest absolute Gasteiger partial charge is 0.370 e. The second kappa shape index (κ2) is 17.7. The van der Waals surface area contributed by atoms with Crippen LogP contribution < -0.4 is 22.1 Å². The zero-order valence-electron chi connectivity index (χ0n) is 28.3. The fourth-order valence-corrected chi connectivity index (χ4v) is 5.93. The molecule has 50 heavy (non-hydrogen) atoms. The van der Waals surface area contributed by atoms with E-state index in [9.17, 15) is 14.0 Å². The number of halogens is 1. The summed E-state index contributed by atoms with van der Waals surface area (Å²) in [5.74, 6) is -0.908. The highest BCUT2D eigenvalue weighted by Gasteiger charge is 2.24. The third-order valence-electron chi connectivity index (χ3n) is 8.58. The summed E-state index contributed by atoms with van der Waals surface area (Å²) >= 11 is 0. The molecule has 2 amide bonds. The molecule has 0 bridgehead atoms. The van der Waals surface area contributed by atoms with Crippen molar-refractivity contribution in [3.8, 4) is 0 Å². The van der Waals surface area contributed by atoms with Gasteiger partial charge < -0.3 is 22.1 Å². The Morgan fingerprint density at radius 2 is 1.56 bits per heavy atom. The minimum Gasteiger partial charge on any atom is -0.370 e. The molecule has 9 nitrogen and oxygen atoms in total. The van der Waals surface area contributed by atoms with Crippen molar-refractivity contribution >= 4 is 28.5 Å². The Balaban J connectivity index is 1.25. The Bertz CT molecular complexity index is 1870. The first-order valence-corrected chi connectivity index (χ1v) is 16.8. The lowest BCUT2D eigenvalue weighted by molar-refractivity contribution is -0.123. The van der Waals surface area contributed by atoms with E-state index in [2.05, 4.69) is 25.5 Å². The minimum atomic E-state index is -0.797. The van der Waals surface area contributed by atoms with E-state index >= 15 is 0 Å². The van der Waals surface area contributed by atoms with Gasteiger partial charge in [-0.05, 0) is 90.0 Å². The van der Waals surface area contributed by atoms with Crippen LogP contribution in [0.3, 0.4) is 0 Å². The third kappa shape index (κ3) is 10.4. The van der Waals surface area contributed by atoms with Crippen LogP contribution in [0, 0.1) is 5.82 Å². The first kappa shape index (κ1) is 35.7. The summed E-state index contributed by atoms with van der Waals surface area (Å²) in [5, 5.41) is 8.19. The molecule has 0 fully saturated rings. The number of fused-ring (bicyclic) bond motifs is 1. The summed E-state index contributed by atoms with van der Waals surface area (Å²) in [5.41, 5.74) is 15.4. The number of carbonyl (C=O) groups excluding carboxylic acids is 2. The monoisotopic (exact) mass is 673 g/mol. The number of hydrogen-bond acceptors (Lipinski definition) is 5. The minimum absolute atomic E-state index is 0.0197. The second-order valence-electron chi connectivity index (χ2n) is 12.4. The molecular weight excluding hydrogens is 629 g/mol. The topological polar surface area (TPSA) is 139 Å². The lowest BCUT2D eigenvalue weighted by atomic mass is 9.99. The van der Waals surface area contributed by atoms with Gasteiger partial charge in [-0.2, -0.15) is 0 Å². The van der Waals surface area contributed by atoms with Gasteiger partial charge in [-0.3, -0.25) is 24.5 Å². The average Bonchev–Trinajstić information content (AvgIpc) is 3.12. The molecule has 0 saturated heterocycles. The van der Waals surface area contributed by atoms with Crippen LogP contribution in [0.25, 0.3) is 10.8 Å². The van der Waals surface area contributed by atoms with Gasteiger partial charge in [0, 0.05) is 37.9 Å². The standard InChI is InChI=1S/C40H44FN7O2/c1-28(35-12-6-9-31-8-2-3-11-36(31)35)46-39(50)37(13-7-24-45-40(42)43)47-38(49)32-18-14-30(15-19-32)26-48(27-34-10-4-5-23-44-34)25-22-29-16-20-33(41)21-17-29/h2-6,8-12,14-21,23,28,37H,7,13,22,24-27H2,1H3,(H,46,50)(H,47,49)(H4,42,43,45)/t28-,37+/m1/s1. The molecule has 5 aromatic rings. The zero-order chi connectivity index (χ0) is 35.3. The lowest BCUT2D eigenvalue weighted by Crippen LogP contribution is -2.47. The second-order valence-corrected chi connectivity index (χ2v) is 12.4. The number of guanidine groups is 1. The molecule has 258 valence electrons. The molecular formula is C40H44FN7O2. The van der Waals surface area contributed by atoms with Gasteiger partial charge in [0.05, 0.1) is 11.7 Å². The molecule has 1 aromatic heterocycles. The molecule has 0 aliphatic rings. The molecule has 0 unspecified atom stereocenters. The predicted molar refractivity (Wildman–Crippen MR) is 197 cm³/mol. The van der Waals surface area contributed by atoms with Crippen molar-refractivity contribution in [1.29, 1.82) is 0 Å². The van der Waals surface area contributed by atoms with Crippen molar-refractivity contribution < 1.29 is 14.0 Å². The van der Waals surface area contributed by atoms with E-state index in [4.69, 9.17) is 11.5 Å². The normalized spacial score (nSPS) is 12.3. The number of aliphatic imine (C=N–C) groups is 1. The van der Waals surface area contributed by atoms with E-state index in [0.29, 0.717) is 38.0 Å². The highest BCUT2D eigenvalue weighted by Crippen LogP contribution is 2.24. The molecule has 10 heteroatoms. The van der Waals surface area contributed by atoms with Crippen LogP contribution in [-0.4, -0.2) is 46.8 Å². The van der Waals surface area contributed by atoms with Gasteiger partial charge in [0.2, 0.25) is 5.91 Å². The lowest BCUT2D eigenvalue weighted by Gasteiger charge is -2.23. The van der Waals surface area contributed by atoms with Crippen LogP contribution in [0.1, 0.15) is 58.5 Å². The quantitative estimate of drug-likeness (QED) is 0.0607. The van der Waals surface area contributed by atoms with Crippen molar-refractivity contribution in [2.24, 2.45) is 16.5 Å². The van der Waals surface area contributed by atoms with Gasteiger partial charge in [-0.15, -0.1) is 0 Å². The number of hydrogen-bond donors (Lipinski definition) is 4. The number of rotatable bonds is 16. The summed E-state index contributed by atoms with van der Waals surface area (Å²) in [4.78, 5) is 37.9. The van der Waals surface area contributed by atoms with E-state index in [1.54, 1.807) is 30.5 Å². The molecule has 1 heterocycles. The van der Waals surface area contributed by atoms with E-state index in [1.807, 2.05) is 79.7 Å². The zero-order valence-corrected chi connectivity index (χ0v) is 28.3. The van der Waals surface area contributed by atoms with Gasteiger partial charge in [-0.1, -0.05) is 72.8 Å². The van der Waals surface area contributed by atoms with Crippen LogP contribution in [0.4, 0.5) is 4.39 Å². The Morgan fingerprint density at radius 3 is 2.30 bits per heavy atom. The molecule has 6 N–H and O–H groups in total. The summed E-state index contributed by atoms with van der Waals surface area (Å²) in [6.07, 6.45) is 3.38. The number of nitrogens with two attached hydrogens (primary N) is 2. The maximum Gasteiger partial charge on any atom is 0.251 e. The van der Waals surface area contributed by atoms with E-state index in [0.717, 1.165) is 46.1 Å². The molecule has 4 aromatic carbocycles. The van der Waals surface area contributed by atoms with E-state index < -0.39 is 6.04 Å². The number of aromatic nitrogens is 1. The smallest absolute Gasteiger partial charge is 0.251 e. The maximum atomic E-state index is 13.6. The van der Waals surface area contributed by atoms with Crippen LogP contribution in [0.15, 0.2) is 120 Å². The van der Waals surface area contributed by atoms with Crippen LogP contribution >= 0.6 is 0 Å². The Morgan fingerprint density at radius 1 is 0.840 bits per heavy atom. The number of pyridine rings is 1. The average molecular weight is 674 g/mol. The number of nitrogens with one attached hydrogen (secondary N) is 2. The Hall–Kier alpha value is -5.61. The van der Waals surface area contributed by atoms with Crippen molar-refractivity contribution in [2.75, 3.05) is 13.1 Å².